The molecule has 0 aliphatic heterocycles. The molecule has 0 spiro atoms. The van der Waals surface area contributed by atoms with Gasteiger partial charge < -0.3 is 0 Å². The minimum atomic E-state index is -0.673. The van der Waals surface area contributed by atoms with Crippen LogP contribution in [-0.2, 0) is 0 Å². The largest absolute Gasteiger partial charge is 0.233 e. The Bertz CT molecular complexity index is 234. The monoisotopic (exact) mass is 204 g/mol. The zero-order chi connectivity index (χ0) is 9.90. The lowest BCUT2D eigenvalue weighted by Gasteiger charge is -2.29. The lowest BCUT2D eigenvalue weighted by Crippen LogP contribution is -2.33. The lowest BCUT2D eigenvalue weighted by molar-refractivity contribution is -0.485. The van der Waals surface area contributed by atoms with Gasteiger partial charge in [-0.1, -0.05) is 19.3 Å². The number of hydrazone groups is 1. The standard InChI is InChI=1S/C8H13ClN2O2/c1-7(10-11(12)13)8(9)5-3-2-4-6-8/h2-6H2,1H3/b10-7+. The zero-order valence-corrected chi connectivity index (χ0v) is 8.38. The predicted molar refractivity (Wildman–Crippen MR) is 51.8 cm³/mol. The van der Waals surface area contributed by atoms with Crippen LogP contribution in [-0.4, -0.2) is 15.6 Å². The van der Waals surface area contributed by atoms with E-state index in [0.717, 1.165) is 25.7 Å². The number of nitro groups is 1. The van der Waals surface area contributed by atoms with Gasteiger partial charge in [0.1, 0.15) is 5.71 Å². The molecule has 1 rings (SSSR count). The third-order valence-electron chi connectivity index (χ3n) is 2.53. The summed E-state index contributed by atoms with van der Waals surface area (Å²) >= 11 is 6.23. The second kappa shape index (κ2) is 4.05. The molecule has 0 aromatic heterocycles. The van der Waals surface area contributed by atoms with Crippen molar-refractivity contribution in [2.24, 2.45) is 5.10 Å². The summed E-state index contributed by atoms with van der Waals surface area (Å²) in [5, 5.41) is 12.8. The fourth-order valence-electron chi connectivity index (χ4n) is 1.69. The number of alkyl halides is 1. The molecule has 1 aliphatic carbocycles. The van der Waals surface area contributed by atoms with Gasteiger partial charge in [-0.05, 0) is 19.8 Å². The molecule has 13 heavy (non-hydrogen) atoms. The molecule has 5 heteroatoms. The third kappa shape index (κ3) is 2.66. The van der Waals surface area contributed by atoms with Gasteiger partial charge in [0.15, 0.2) is 5.03 Å². The van der Waals surface area contributed by atoms with E-state index in [1.165, 1.54) is 6.42 Å². The highest BCUT2D eigenvalue weighted by atomic mass is 35.5. The first kappa shape index (κ1) is 10.4. The van der Waals surface area contributed by atoms with Crippen molar-refractivity contribution in [1.82, 2.24) is 0 Å². The summed E-state index contributed by atoms with van der Waals surface area (Å²) in [7, 11) is 0. The van der Waals surface area contributed by atoms with E-state index in [1.807, 2.05) is 0 Å². The van der Waals surface area contributed by atoms with Crippen LogP contribution in [0.1, 0.15) is 39.0 Å². The Labute approximate surface area is 82.1 Å². The van der Waals surface area contributed by atoms with Gasteiger partial charge in [-0.2, -0.15) is 0 Å². The van der Waals surface area contributed by atoms with Crippen molar-refractivity contribution in [1.29, 1.82) is 0 Å². The molecule has 0 atom stereocenters. The molecular weight excluding hydrogens is 192 g/mol. The van der Waals surface area contributed by atoms with Crippen molar-refractivity contribution in [3.8, 4) is 0 Å². The zero-order valence-electron chi connectivity index (χ0n) is 7.62. The highest BCUT2D eigenvalue weighted by Crippen LogP contribution is 2.35. The average Bonchev–Trinajstić information content (AvgIpc) is 2.04. The Kier molecular flexibility index (Phi) is 3.25. The summed E-state index contributed by atoms with van der Waals surface area (Å²) < 4.78 is 0. The van der Waals surface area contributed by atoms with E-state index in [0.29, 0.717) is 5.71 Å². The molecule has 4 nitrogen and oxygen atoms in total. The Morgan fingerprint density at radius 3 is 2.46 bits per heavy atom. The summed E-state index contributed by atoms with van der Waals surface area (Å²) in [5.41, 5.74) is 0.443. The minimum Gasteiger partial charge on any atom is -0.233 e. The molecule has 1 aliphatic rings. The molecule has 0 amide bonds. The SMILES string of the molecule is C/C(=N\[N+](=O)[O-])C1(Cl)CCCCC1. The summed E-state index contributed by atoms with van der Waals surface area (Å²) in [4.78, 5) is 9.60. The second-order valence-corrected chi connectivity index (χ2v) is 4.17. The van der Waals surface area contributed by atoms with E-state index in [-0.39, 0.29) is 0 Å². The van der Waals surface area contributed by atoms with Crippen LogP contribution in [0.15, 0.2) is 5.10 Å². The Morgan fingerprint density at radius 1 is 1.46 bits per heavy atom. The number of rotatable bonds is 2. The summed E-state index contributed by atoms with van der Waals surface area (Å²) in [5.74, 6) is 0. The number of hydrogen-bond donors (Lipinski definition) is 0. The van der Waals surface area contributed by atoms with Gasteiger partial charge in [0.2, 0.25) is 0 Å². The van der Waals surface area contributed by atoms with Crippen LogP contribution in [0.4, 0.5) is 0 Å². The molecule has 0 unspecified atom stereocenters. The fourth-order valence-corrected chi connectivity index (χ4v) is 1.99. The first-order valence-electron chi connectivity index (χ1n) is 4.43. The van der Waals surface area contributed by atoms with E-state index in [2.05, 4.69) is 5.10 Å². The lowest BCUT2D eigenvalue weighted by atomic mass is 9.85. The predicted octanol–water partition coefficient (Wildman–Crippen LogP) is 2.58. The number of halogens is 1. The van der Waals surface area contributed by atoms with Crippen LogP contribution in [0.5, 0.6) is 0 Å². The van der Waals surface area contributed by atoms with Gasteiger partial charge in [0.05, 0.1) is 9.98 Å². The van der Waals surface area contributed by atoms with Crippen LogP contribution in [0.25, 0.3) is 0 Å². The number of hydrogen-bond acceptors (Lipinski definition) is 2. The highest BCUT2D eigenvalue weighted by Gasteiger charge is 2.34. The first-order chi connectivity index (χ1) is 6.04. The van der Waals surface area contributed by atoms with Crippen molar-refractivity contribution in [2.45, 2.75) is 43.9 Å². The van der Waals surface area contributed by atoms with Crippen LogP contribution in [0, 0.1) is 10.1 Å². The molecule has 0 radical (unpaired) electrons. The topological polar surface area (TPSA) is 55.5 Å². The van der Waals surface area contributed by atoms with E-state index in [9.17, 15) is 10.1 Å². The minimum absolute atomic E-state index is 0.443. The maximum atomic E-state index is 10.2. The van der Waals surface area contributed by atoms with Gasteiger partial charge >= 0.3 is 0 Å². The Balaban J connectivity index is 2.72. The van der Waals surface area contributed by atoms with Crippen LogP contribution >= 0.6 is 11.6 Å². The normalized spacial score (nSPS) is 22.8. The van der Waals surface area contributed by atoms with Gasteiger partial charge in [-0.25, -0.2) is 10.1 Å². The Hall–Kier alpha value is -0.640. The second-order valence-electron chi connectivity index (χ2n) is 3.45. The maximum absolute atomic E-state index is 10.2. The van der Waals surface area contributed by atoms with Gasteiger partial charge in [-0.15, -0.1) is 11.6 Å². The maximum Gasteiger partial charge on any atom is 0.190 e. The fraction of sp³-hybridized carbons (Fsp3) is 0.875. The molecular formula is C8H13ClN2O2. The van der Waals surface area contributed by atoms with E-state index >= 15 is 0 Å². The molecule has 1 saturated carbocycles. The third-order valence-corrected chi connectivity index (χ3v) is 3.18. The summed E-state index contributed by atoms with van der Waals surface area (Å²) in [6.07, 6.45) is 4.85. The van der Waals surface area contributed by atoms with Crippen molar-refractivity contribution in [2.75, 3.05) is 0 Å². The Morgan fingerprint density at radius 2 is 2.00 bits per heavy atom. The van der Waals surface area contributed by atoms with Crippen molar-refractivity contribution < 1.29 is 5.03 Å². The van der Waals surface area contributed by atoms with Crippen molar-refractivity contribution in [3.05, 3.63) is 10.1 Å². The average molecular weight is 205 g/mol. The van der Waals surface area contributed by atoms with Gasteiger partial charge in [-0.3, -0.25) is 0 Å². The molecule has 0 bridgehead atoms. The van der Waals surface area contributed by atoms with Crippen LogP contribution < -0.4 is 0 Å². The molecule has 74 valence electrons. The highest BCUT2D eigenvalue weighted by molar-refractivity contribution is 6.35. The van der Waals surface area contributed by atoms with E-state index in [4.69, 9.17) is 11.6 Å². The molecule has 0 N–H and O–H groups in total. The van der Waals surface area contributed by atoms with Gasteiger partial charge in [0, 0.05) is 0 Å². The summed E-state index contributed by atoms with van der Waals surface area (Å²) in [6.45, 7) is 1.64. The molecule has 0 aromatic carbocycles. The molecule has 1 fully saturated rings. The molecule has 0 aromatic rings. The smallest absolute Gasteiger partial charge is 0.190 e. The van der Waals surface area contributed by atoms with E-state index < -0.39 is 9.91 Å². The van der Waals surface area contributed by atoms with Crippen LogP contribution in [0.2, 0.25) is 0 Å². The first-order valence-corrected chi connectivity index (χ1v) is 4.81. The van der Waals surface area contributed by atoms with Crippen molar-refractivity contribution >= 4 is 17.3 Å². The number of nitrogens with zero attached hydrogens (tertiary/aromatic N) is 2. The molecule has 0 heterocycles. The van der Waals surface area contributed by atoms with E-state index in [1.54, 1.807) is 6.92 Å². The summed E-state index contributed by atoms with van der Waals surface area (Å²) in [6, 6.07) is 0. The quantitative estimate of drug-likeness (QED) is 0.301. The van der Waals surface area contributed by atoms with Crippen molar-refractivity contribution in [3.63, 3.8) is 0 Å². The van der Waals surface area contributed by atoms with Gasteiger partial charge in [0.25, 0.3) is 0 Å². The molecule has 0 saturated heterocycles. The van der Waals surface area contributed by atoms with Crippen LogP contribution in [0.3, 0.4) is 0 Å².